The first kappa shape index (κ1) is 15.7. The third kappa shape index (κ3) is 2.74. The van der Waals surface area contributed by atoms with Gasteiger partial charge in [-0.25, -0.2) is 4.98 Å². The molecule has 0 atom stereocenters. The average molecular weight is 352 g/mol. The maximum absolute atomic E-state index is 12.7. The van der Waals surface area contributed by atoms with Gasteiger partial charge in [0, 0.05) is 16.9 Å². The van der Waals surface area contributed by atoms with Gasteiger partial charge in [0.05, 0.1) is 25.5 Å². The normalized spacial score (nSPS) is 11.6. The summed E-state index contributed by atoms with van der Waals surface area (Å²) < 4.78 is 10.5. The maximum atomic E-state index is 12.7. The Labute approximate surface area is 149 Å². The fraction of sp³-hybridized carbons (Fsp3) is 0.158. The molecule has 0 fully saturated rings. The third-order valence-corrected chi connectivity index (χ3v) is 5.16. The zero-order chi connectivity index (χ0) is 17.4. The van der Waals surface area contributed by atoms with E-state index >= 15 is 0 Å². The molecule has 3 aromatic rings. The molecule has 25 heavy (non-hydrogen) atoms. The summed E-state index contributed by atoms with van der Waals surface area (Å²) >= 11 is 1.51. The molecule has 1 heterocycles. The second-order valence-corrected chi connectivity index (χ2v) is 6.73. The molecule has 0 bridgehead atoms. The van der Waals surface area contributed by atoms with Gasteiger partial charge in [-0.3, -0.25) is 10.1 Å². The molecular formula is C19H16N2O3S. The third-order valence-electron chi connectivity index (χ3n) is 4.19. The number of amides is 1. The highest BCUT2D eigenvalue weighted by Crippen LogP contribution is 2.41. The van der Waals surface area contributed by atoms with E-state index in [0.717, 1.165) is 17.7 Å². The van der Waals surface area contributed by atoms with Crippen molar-refractivity contribution in [1.82, 2.24) is 4.98 Å². The zero-order valence-electron chi connectivity index (χ0n) is 13.8. The summed E-state index contributed by atoms with van der Waals surface area (Å²) in [6, 6.07) is 13.3. The molecule has 0 unspecified atom stereocenters. The van der Waals surface area contributed by atoms with E-state index in [-0.39, 0.29) is 5.91 Å². The van der Waals surface area contributed by atoms with Crippen LogP contribution in [0.15, 0.2) is 42.5 Å². The van der Waals surface area contributed by atoms with Crippen LogP contribution in [0.1, 0.15) is 20.8 Å². The van der Waals surface area contributed by atoms with Crippen LogP contribution in [0.2, 0.25) is 0 Å². The summed E-state index contributed by atoms with van der Waals surface area (Å²) in [6.07, 6.45) is 0.863. The number of anilines is 1. The molecule has 0 radical (unpaired) electrons. The van der Waals surface area contributed by atoms with Gasteiger partial charge in [-0.15, -0.1) is 11.3 Å². The molecule has 2 aromatic carbocycles. The number of carbonyl (C=O) groups is 1. The van der Waals surface area contributed by atoms with Gasteiger partial charge >= 0.3 is 0 Å². The van der Waals surface area contributed by atoms with Gasteiger partial charge in [-0.1, -0.05) is 24.3 Å². The van der Waals surface area contributed by atoms with Gasteiger partial charge in [0.25, 0.3) is 5.91 Å². The van der Waals surface area contributed by atoms with Crippen LogP contribution < -0.4 is 14.8 Å². The van der Waals surface area contributed by atoms with Crippen LogP contribution >= 0.6 is 11.3 Å². The molecule has 1 aliphatic carbocycles. The number of fused-ring (bicyclic) bond motifs is 3. The Balaban J connectivity index is 1.62. The number of methoxy groups -OCH3 is 2. The highest BCUT2D eigenvalue weighted by Gasteiger charge is 2.24. The van der Waals surface area contributed by atoms with E-state index < -0.39 is 0 Å². The van der Waals surface area contributed by atoms with Crippen LogP contribution in [0.5, 0.6) is 11.5 Å². The van der Waals surface area contributed by atoms with Crippen molar-refractivity contribution < 1.29 is 14.3 Å². The molecule has 6 heteroatoms. The molecule has 1 aliphatic rings. The lowest BCUT2D eigenvalue weighted by atomic mass is 10.1. The number of rotatable bonds is 4. The van der Waals surface area contributed by atoms with E-state index in [4.69, 9.17) is 9.47 Å². The van der Waals surface area contributed by atoms with Gasteiger partial charge < -0.3 is 9.47 Å². The van der Waals surface area contributed by atoms with Gasteiger partial charge in [-0.05, 0) is 23.8 Å². The Morgan fingerprint density at radius 3 is 2.80 bits per heavy atom. The molecular weight excluding hydrogens is 336 g/mol. The second-order valence-electron chi connectivity index (χ2n) is 5.65. The van der Waals surface area contributed by atoms with Crippen molar-refractivity contribution in [2.24, 2.45) is 0 Å². The molecule has 1 amide bonds. The summed E-state index contributed by atoms with van der Waals surface area (Å²) in [5.41, 5.74) is 3.81. The Morgan fingerprint density at radius 1 is 1.16 bits per heavy atom. The second kappa shape index (κ2) is 6.22. The van der Waals surface area contributed by atoms with Crippen LogP contribution in [-0.4, -0.2) is 25.1 Å². The van der Waals surface area contributed by atoms with E-state index in [1.54, 1.807) is 25.3 Å². The number of nitrogens with one attached hydrogen (secondary N) is 1. The summed E-state index contributed by atoms with van der Waals surface area (Å²) in [5, 5.41) is 3.47. The fourth-order valence-electron chi connectivity index (χ4n) is 2.97. The van der Waals surface area contributed by atoms with Crippen molar-refractivity contribution in [2.75, 3.05) is 19.5 Å². The topological polar surface area (TPSA) is 60.5 Å². The number of thiazole rings is 1. The molecule has 126 valence electrons. The summed E-state index contributed by atoms with van der Waals surface area (Å²) in [7, 11) is 3.10. The van der Waals surface area contributed by atoms with Gasteiger partial charge in [0.2, 0.25) is 0 Å². The largest absolute Gasteiger partial charge is 0.497 e. The Bertz CT molecular complexity index is 965. The Kier molecular flexibility index (Phi) is 3.89. The number of ether oxygens (including phenoxy) is 2. The molecule has 5 nitrogen and oxygen atoms in total. The standard InChI is InChI=1S/C19H16N2O3S/c1-23-12-7-8-15(24-2)14(10-12)18(22)21-19-20-17-13-6-4-3-5-11(13)9-16(17)25-19/h3-8,10H,9H2,1-2H3,(H,20,21,22). The molecule has 0 saturated carbocycles. The van der Waals surface area contributed by atoms with E-state index in [9.17, 15) is 4.79 Å². The molecule has 1 aromatic heterocycles. The molecule has 1 N–H and O–H groups in total. The quantitative estimate of drug-likeness (QED) is 0.603. The van der Waals surface area contributed by atoms with Crippen molar-refractivity contribution in [3.05, 3.63) is 58.5 Å². The summed E-state index contributed by atoms with van der Waals surface area (Å²) in [5.74, 6) is 0.825. The van der Waals surface area contributed by atoms with Crippen LogP contribution in [0.25, 0.3) is 11.3 Å². The lowest BCUT2D eigenvalue weighted by Gasteiger charge is -2.09. The van der Waals surface area contributed by atoms with Crippen LogP contribution in [0, 0.1) is 0 Å². The number of hydrogen-bond acceptors (Lipinski definition) is 5. The highest BCUT2D eigenvalue weighted by molar-refractivity contribution is 7.16. The minimum Gasteiger partial charge on any atom is -0.497 e. The van der Waals surface area contributed by atoms with Gasteiger partial charge in [0.15, 0.2) is 5.13 Å². The number of nitrogens with zero attached hydrogens (tertiary/aromatic N) is 1. The maximum Gasteiger partial charge on any atom is 0.261 e. The molecule has 0 spiro atoms. The average Bonchev–Trinajstić information content (AvgIpc) is 3.18. The summed E-state index contributed by atoms with van der Waals surface area (Å²) in [6.45, 7) is 0. The van der Waals surface area contributed by atoms with Gasteiger partial charge in [-0.2, -0.15) is 0 Å². The van der Waals surface area contributed by atoms with Crippen LogP contribution in [0.3, 0.4) is 0 Å². The predicted octanol–water partition coefficient (Wildman–Crippen LogP) is 3.98. The monoisotopic (exact) mass is 352 g/mol. The van der Waals surface area contributed by atoms with E-state index in [1.165, 1.54) is 28.9 Å². The fourth-order valence-corrected chi connectivity index (χ4v) is 3.96. The van der Waals surface area contributed by atoms with Crippen molar-refractivity contribution in [3.63, 3.8) is 0 Å². The SMILES string of the molecule is COc1ccc(OC)c(C(=O)Nc2nc3c(s2)Cc2ccccc2-3)c1. The predicted molar refractivity (Wildman–Crippen MR) is 97.9 cm³/mol. The smallest absolute Gasteiger partial charge is 0.261 e. The Hall–Kier alpha value is -2.86. The number of aromatic nitrogens is 1. The lowest BCUT2D eigenvalue weighted by molar-refractivity contribution is 0.102. The molecule has 4 rings (SSSR count). The van der Waals surface area contributed by atoms with Gasteiger partial charge in [0.1, 0.15) is 11.5 Å². The lowest BCUT2D eigenvalue weighted by Crippen LogP contribution is -2.13. The zero-order valence-corrected chi connectivity index (χ0v) is 14.6. The minimum atomic E-state index is -0.267. The van der Waals surface area contributed by atoms with Crippen molar-refractivity contribution in [2.45, 2.75) is 6.42 Å². The number of carbonyl (C=O) groups excluding carboxylic acids is 1. The first-order valence-corrected chi connectivity index (χ1v) is 8.62. The van der Waals surface area contributed by atoms with Crippen LogP contribution in [0.4, 0.5) is 5.13 Å². The van der Waals surface area contributed by atoms with Crippen molar-refractivity contribution in [1.29, 1.82) is 0 Å². The molecule has 0 aliphatic heterocycles. The number of hydrogen-bond donors (Lipinski definition) is 1. The summed E-state index contributed by atoms with van der Waals surface area (Å²) in [4.78, 5) is 18.4. The number of benzene rings is 2. The highest BCUT2D eigenvalue weighted by atomic mass is 32.1. The first-order chi connectivity index (χ1) is 12.2. The first-order valence-electron chi connectivity index (χ1n) is 7.81. The van der Waals surface area contributed by atoms with E-state index in [2.05, 4.69) is 22.4 Å². The molecule has 0 saturated heterocycles. The Morgan fingerprint density at radius 2 is 2.00 bits per heavy atom. The van der Waals surface area contributed by atoms with Crippen molar-refractivity contribution >= 4 is 22.4 Å². The van der Waals surface area contributed by atoms with E-state index in [1.807, 2.05) is 12.1 Å². The van der Waals surface area contributed by atoms with Crippen molar-refractivity contribution in [3.8, 4) is 22.8 Å². The van der Waals surface area contributed by atoms with Crippen LogP contribution in [-0.2, 0) is 6.42 Å². The minimum absolute atomic E-state index is 0.267. The van der Waals surface area contributed by atoms with E-state index in [0.29, 0.717) is 22.2 Å².